The quantitative estimate of drug-likeness (QED) is 0.116. The van der Waals surface area contributed by atoms with Crippen LogP contribution in [0.1, 0.15) is 130 Å². The summed E-state index contributed by atoms with van der Waals surface area (Å²) >= 11 is 0. The van der Waals surface area contributed by atoms with Crippen LogP contribution in [0.4, 0.5) is 0 Å². The third kappa shape index (κ3) is 17.9. The molecule has 0 saturated carbocycles. The number of hydrogen-bond donors (Lipinski definition) is 0. The molecular formula is C31H51Cl3SiTi. The third-order valence-electron chi connectivity index (χ3n) is 7.47. The standard InChI is InChI=1S/C31H51Si.3ClH.Ti/c1-4-5-6-7-8-9-10-11-12-13-14-15-16-17-18-22-25-30-28(3)27(2)26-31(30)32-29-23-20-19-21-24-29;;;;/h19-21,23-24,30H,4-18,22,25,32H2,1-3H3;3*1H;/q-1;;;;+4/p-3. The zero-order chi connectivity index (χ0) is 22.9. The predicted octanol–water partition coefficient (Wildman–Crippen LogP) is -0.205. The molecule has 0 amide bonds. The van der Waals surface area contributed by atoms with Crippen LogP contribution in [0.3, 0.4) is 0 Å². The second-order valence-corrected chi connectivity index (χ2v) is 12.2. The van der Waals surface area contributed by atoms with Gasteiger partial charge >= 0.3 is 21.7 Å². The van der Waals surface area contributed by atoms with Crippen LogP contribution in [-0.2, 0) is 21.7 Å². The number of rotatable bonds is 19. The average Bonchev–Trinajstić information content (AvgIpc) is 3.06. The monoisotopic (exact) mass is 604 g/mol. The molecule has 1 aromatic carbocycles. The molecular weight excluding hydrogens is 555 g/mol. The molecule has 0 aliphatic heterocycles. The Labute approximate surface area is 260 Å². The van der Waals surface area contributed by atoms with E-state index in [4.69, 9.17) is 0 Å². The fourth-order valence-electron chi connectivity index (χ4n) is 5.22. The van der Waals surface area contributed by atoms with Crippen LogP contribution in [0.5, 0.6) is 0 Å². The van der Waals surface area contributed by atoms with Crippen molar-refractivity contribution < 1.29 is 58.9 Å². The molecule has 0 bridgehead atoms. The molecule has 0 N–H and O–H groups in total. The largest absolute Gasteiger partial charge is 4.00 e. The van der Waals surface area contributed by atoms with Crippen LogP contribution in [0.2, 0.25) is 0 Å². The van der Waals surface area contributed by atoms with Crippen LogP contribution in [0, 0.1) is 12.0 Å². The summed E-state index contributed by atoms with van der Waals surface area (Å²) in [5.41, 5.74) is 3.02. The van der Waals surface area contributed by atoms with E-state index in [2.05, 4.69) is 57.2 Å². The normalized spacial score (nSPS) is 14.6. The molecule has 36 heavy (non-hydrogen) atoms. The zero-order valence-electron chi connectivity index (χ0n) is 23.3. The minimum absolute atomic E-state index is 0. The van der Waals surface area contributed by atoms with Gasteiger partial charge in [0.05, 0.1) is 9.52 Å². The van der Waals surface area contributed by atoms with Gasteiger partial charge in [0.15, 0.2) is 0 Å². The van der Waals surface area contributed by atoms with Gasteiger partial charge in [-0.1, -0.05) is 164 Å². The van der Waals surface area contributed by atoms with Crippen LogP contribution in [0.25, 0.3) is 0 Å². The zero-order valence-corrected chi connectivity index (χ0v) is 28.6. The maximum Gasteiger partial charge on any atom is 4.00 e. The Kier molecular flexibility index (Phi) is 30.8. The molecule has 0 saturated heterocycles. The summed E-state index contributed by atoms with van der Waals surface area (Å²) in [6.45, 7) is 6.92. The van der Waals surface area contributed by atoms with Crippen LogP contribution < -0.4 is 42.4 Å². The van der Waals surface area contributed by atoms with Crippen molar-refractivity contribution in [2.24, 2.45) is 5.92 Å². The molecule has 1 aliphatic rings. The van der Waals surface area contributed by atoms with Gasteiger partial charge in [-0.2, -0.15) is 5.20 Å². The van der Waals surface area contributed by atoms with E-state index in [1.165, 1.54) is 115 Å². The summed E-state index contributed by atoms with van der Waals surface area (Å²) in [6.07, 6.45) is 28.3. The van der Waals surface area contributed by atoms with E-state index in [0.29, 0.717) is 5.92 Å². The van der Waals surface area contributed by atoms with Crippen LogP contribution >= 0.6 is 0 Å². The van der Waals surface area contributed by atoms with Crippen molar-refractivity contribution in [3.05, 3.63) is 52.8 Å². The summed E-state index contributed by atoms with van der Waals surface area (Å²) in [7, 11) is -0.349. The first-order valence-electron chi connectivity index (χ1n) is 14.1. The van der Waals surface area contributed by atoms with Crippen molar-refractivity contribution in [3.63, 3.8) is 0 Å². The van der Waals surface area contributed by atoms with Gasteiger partial charge in [0.25, 0.3) is 0 Å². The van der Waals surface area contributed by atoms with Crippen LogP contribution in [-0.4, -0.2) is 9.52 Å². The second-order valence-electron chi connectivity index (χ2n) is 10.3. The van der Waals surface area contributed by atoms with Crippen molar-refractivity contribution in [2.45, 2.75) is 130 Å². The molecule has 0 spiro atoms. The minimum atomic E-state index is -0.349. The summed E-state index contributed by atoms with van der Waals surface area (Å²) in [5, 5.41) is 3.22. The molecule has 1 atom stereocenters. The predicted molar refractivity (Wildman–Crippen MR) is 147 cm³/mol. The summed E-state index contributed by atoms with van der Waals surface area (Å²) in [6, 6.07) is 11.1. The minimum Gasteiger partial charge on any atom is -1.00 e. The van der Waals surface area contributed by atoms with Gasteiger partial charge < -0.3 is 37.2 Å². The van der Waals surface area contributed by atoms with E-state index in [9.17, 15) is 0 Å². The van der Waals surface area contributed by atoms with E-state index < -0.39 is 0 Å². The number of allylic oxidation sites excluding steroid dienone is 4. The Morgan fingerprint density at radius 2 is 1.06 bits per heavy atom. The molecule has 0 radical (unpaired) electrons. The maximum atomic E-state index is 3.76. The summed E-state index contributed by atoms with van der Waals surface area (Å²) in [4.78, 5) is 0. The number of unbranched alkanes of at least 4 members (excludes halogenated alkanes) is 15. The Morgan fingerprint density at radius 3 is 1.50 bits per heavy atom. The van der Waals surface area contributed by atoms with E-state index >= 15 is 0 Å². The molecule has 1 unspecified atom stereocenters. The van der Waals surface area contributed by atoms with Crippen molar-refractivity contribution in [1.29, 1.82) is 0 Å². The Bertz CT molecular complexity index is 676. The summed E-state index contributed by atoms with van der Waals surface area (Å²) in [5.74, 6) is 0.702. The van der Waals surface area contributed by atoms with Crippen molar-refractivity contribution >= 4 is 14.7 Å². The van der Waals surface area contributed by atoms with Gasteiger partial charge in [0.1, 0.15) is 0 Å². The first-order valence-corrected chi connectivity index (χ1v) is 15.5. The van der Waals surface area contributed by atoms with E-state index in [1.807, 2.05) is 0 Å². The third-order valence-corrected chi connectivity index (χ3v) is 9.40. The number of hydrogen-bond acceptors (Lipinski definition) is 0. The molecule has 204 valence electrons. The fraction of sp³-hybridized carbons (Fsp3) is 0.677. The first-order chi connectivity index (χ1) is 15.7. The van der Waals surface area contributed by atoms with Crippen LogP contribution in [0.15, 0.2) is 46.7 Å². The van der Waals surface area contributed by atoms with Gasteiger partial charge in [0.2, 0.25) is 0 Å². The van der Waals surface area contributed by atoms with Crippen molar-refractivity contribution in [3.8, 4) is 0 Å². The number of halogens is 3. The smallest absolute Gasteiger partial charge is 1.00 e. The Balaban J connectivity index is -0.00000272. The van der Waals surface area contributed by atoms with Gasteiger partial charge in [-0.15, -0.1) is 6.92 Å². The Morgan fingerprint density at radius 1 is 0.639 bits per heavy atom. The molecule has 5 heteroatoms. The van der Waals surface area contributed by atoms with Gasteiger partial charge in [0, 0.05) is 0 Å². The van der Waals surface area contributed by atoms with Crippen molar-refractivity contribution in [1.82, 2.24) is 0 Å². The van der Waals surface area contributed by atoms with E-state index in [0.717, 1.165) is 0 Å². The van der Waals surface area contributed by atoms with Crippen molar-refractivity contribution in [2.75, 3.05) is 0 Å². The first kappa shape index (κ1) is 41.0. The topological polar surface area (TPSA) is 0 Å². The molecule has 1 aliphatic carbocycles. The molecule has 0 fully saturated rings. The van der Waals surface area contributed by atoms with E-state index in [1.54, 1.807) is 16.0 Å². The second kappa shape index (κ2) is 27.1. The molecule has 1 aromatic rings. The summed E-state index contributed by atoms with van der Waals surface area (Å²) < 4.78 is 0. The Hall–Kier alpha value is 0.501. The van der Waals surface area contributed by atoms with Gasteiger partial charge in [-0.3, -0.25) is 6.08 Å². The molecule has 0 heterocycles. The molecule has 0 aromatic heterocycles. The average molecular weight is 606 g/mol. The fourth-order valence-corrected chi connectivity index (χ4v) is 7.28. The number of benzene rings is 1. The molecule has 0 nitrogen and oxygen atoms in total. The maximum absolute atomic E-state index is 3.76. The van der Waals surface area contributed by atoms with E-state index in [-0.39, 0.29) is 68.5 Å². The molecule has 2 rings (SSSR count). The van der Waals surface area contributed by atoms with Gasteiger partial charge in [-0.05, 0) is 0 Å². The van der Waals surface area contributed by atoms with Gasteiger partial charge in [-0.25, -0.2) is 11.1 Å². The SMILES string of the molecule is CCCCCCCCCCCCCCCCCCC1C([SiH2]c2ccccc2)=[C-]C(C)=C1C.[Cl-].[Cl-].[Cl-].[Ti+4].